The number of para-hydroxylation sites is 1. The fourth-order valence-electron chi connectivity index (χ4n) is 2.17. The molecule has 108 valence electrons. The number of rotatable bonds is 3. The molecule has 3 rings (SSSR count). The number of benzene rings is 1. The molecule has 0 aliphatic rings. The quantitative estimate of drug-likeness (QED) is 0.740. The van der Waals surface area contributed by atoms with Crippen molar-refractivity contribution in [2.24, 2.45) is 0 Å². The fraction of sp³-hybridized carbons (Fsp3) is 0.0588. The van der Waals surface area contributed by atoms with Gasteiger partial charge in [0.2, 0.25) is 0 Å². The van der Waals surface area contributed by atoms with Crippen molar-refractivity contribution in [1.82, 2.24) is 10.3 Å². The molecule has 3 nitrogen and oxygen atoms in total. The van der Waals surface area contributed by atoms with E-state index in [1.807, 2.05) is 36.4 Å². The van der Waals surface area contributed by atoms with Crippen LogP contribution >= 0.6 is 22.9 Å². The lowest BCUT2D eigenvalue weighted by molar-refractivity contribution is 0.0960. The monoisotopic (exact) mass is 326 g/mol. The largest absolute Gasteiger partial charge is 0.341 e. The molecule has 0 radical (unpaired) electrons. The van der Waals surface area contributed by atoms with Crippen LogP contribution in [0, 0.1) is 12.3 Å². The minimum atomic E-state index is -0.208. The van der Waals surface area contributed by atoms with Crippen LogP contribution in [-0.2, 0) is 0 Å². The zero-order valence-electron chi connectivity index (χ0n) is 11.5. The number of halogens is 1. The average molecular weight is 327 g/mol. The number of terminal acetylenes is 1. The van der Waals surface area contributed by atoms with Crippen molar-refractivity contribution in [2.45, 2.75) is 0 Å². The zero-order chi connectivity index (χ0) is 15.5. The third kappa shape index (κ3) is 2.82. The number of fused-ring (bicyclic) bond motifs is 1. The molecule has 0 spiro atoms. The Morgan fingerprint density at radius 2 is 2.14 bits per heavy atom. The predicted octanol–water partition coefficient (Wildman–Crippen LogP) is 3.98. The number of aromatic nitrogens is 1. The van der Waals surface area contributed by atoms with Crippen molar-refractivity contribution >= 4 is 39.7 Å². The summed E-state index contributed by atoms with van der Waals surface area (Å²) in [5.74, 6) is 2.20. The number of amides is 1. The Hall–Kier alpha value is -2.35. The highest BCUT2D eigenvalue weighted by Gasteiger charge is 2.14. The molecule has 1 N–H and O–H groups in total. The Kier molecular flexibility index (Phi) is 4.10. The van der Waals surface area contributed by atoms with Crippen LogP contribution < -0.4 is 5.32 Å². The first kappa shape index (κ1) is 14.6. The normalized spacial score (nSPS) is 10.4. The lowest BCUT2D eigenvalue weighted by Crippen LogP contribution is -2.23. The second-order valence-electron chi connectivity index (χ2n) is 4.56. The zero-order valence-corrected chi connectivity index (χ0v) is 13.0. The van der Waals surface area contributed by atoms with Crippen LogP contribution in [0.2, 0.25) is 4.34 Å². The molecule has 22 heavy (non-hydrogen) atoms. The van der Waals surface area contributed by atoms with Crippen molar-refractivity contribution in [1.29, 1.82) is 0 Å². The number of carbonyl (C=O) groups is 1. The molecule has 0 saturated carbocycles. The molecule has 1 aromatic carbocycles. The van der Waals surface area contributed by atoms with Gasteiger partial charge in [-0.25, -0.2) is 4.98 Å². The van der Waals surface area contributed by atoms with Gasteiger partial charge in [0.05, 0.1) is 32.5 Å². The lowest BCUT2D eigenvalue weighted by Gasteiger charge is -2.08. The summed E-state index contributed by atoms with van der Waals surface area (Å²) >= 11 is 7.42. The Morgan fingerprint density at radius 3 is 2.86 bits per heavy atom. The van der Waals surface area contributed by atoms with Crippen molar-refractivity contribution in [3.63, 3.8) is 0 Å². The van der Waals surface area contributed by atoms with Crippen LogP contribution in [0.5, 0.6) is 0 Å². The second-order valence-corrected chi connectivity index (χ2v) is 6.28. The van der Waals surface area contributed by atoms with E-state index in [1.165, 1.54) is 11.3 Å². The molecule has 0 saturated heterocycles. The van der Waals surface area contributed by atoms with Crippen LogP contribution in [0.3, 0.4) is 0 Å². The fourth-order valence-corrected chi connectivity index (χ4v) is 3.17. The van der Waals surface area contributed by atoms with Gasteiger partial charge in [-0.1, -0.05) is 35.7 Å². The Morgan fingerprint density at radius 1 is 1.32 bits per heavy atom. The minimum absolute atomic E-state index is 0.190. The maximum absolute atomic E-state index is 12.3. The number of pyridine rings is 1. The number of nitrogens with one attached hydrogen (secondary N) is 1. The molecule has 1 amide bonds. The third-order valence-electron chi connectivity index (χ3n) is 3.14. The average Bonchev–Trinajstić information content (AvgIpc) is 2.98. The van der Waals surface area contributed by atoms with Gasteiger partial charge in [0, 0.05) is 5.39 Å². The van der Waals surface area contributed by atoms with Crippen molar-refractivity contribution in [3.8, 4) is 22.9 Å². The molecule has 0 aliphatic carbocycles. The first-order valence-electron chi connectivity index (χ1n) is 6.56. The summed E-state index contributed by atoms with van der Waals surface area (Å²) in [6, 6.07) is 13.0. The Balaban J connectivity index is 2.16. The van der Waals surface area contributed by atoms with E-state index in [0.29, 0.717) is 9.90 Å². The van der Waals surface area contributed by atoms with Gasteiger partial charge >= 0.3 is 0 Å². The van der Waals surface area contributed by atoms with E-state index in [0.717, 1.165) is 21.5 Å². The number of thiophene rings is 1. The van der Waals surface area contributed by atoms with Gasteiger partial charge in [-0.3, -0.25) is 4.79 Å². The maximum Gasteiger partial charge on any atom is 0.252 e. The molecule has 0 atom stereocenters. The number of hydrogen-bond donors (Lipinski definition) is 1. The molecular weight excluding hydrogens is 316 g/mol. The Labute approximate surface area is 137 Å². The van der Waals surface area contributed by atoms with Crippen molar-refractivity contribution in [3.05, 3.63) is 52.4 Å². The van der Waals surface area contributed by atoms with Gasteiger partial charge in [-0.2, -0.15) is 0 Å². The summed E-state index contributed by atoms with van der Waals surface area (Å²) < 4.78 is 0.684. The van der Waals surface area contributed by atoms with E-state index in [2.05, 4.69) is 16.2 Å². The van der Waals surface area contributed by atoms with Gasteiger partial charge in [-0.05, 0) is 24.3 Å². The first-order valence-corrected chi connectivity index (χ1v) is 7.75. The van der Waals surface area contributed by atoms with Crippen molar-refractivity contribution in [2.75, 3.05) is 6.54 Å². The Bertz CT molecular complexity index is 895. The van der Waals surface area contributed by atoms with E-state index < -0.39 is 0 Å². The molecule has 3 aromatic rings. The van der Waals surface area contributed by atoms with Crippen LogP contribution in [0.4, 0.5) is 0 Å². The highest BCUT2D eigenvalue weighted by Crippen LogP contribution is 2.32. The minimum Gasteiger partial charge on any atom is -0.341 e. The van der Waals surface area contributed by atoms with Gasteiger partial charge in [-0.15, -0.1) is 17.8 Å². The summed E-state index contributed by atoms with van der Waals surface area (Å²) in [6.07, 6.45) is 5.20. The highest BCUT2D eigenvalue weighted by atomic mass is 35.5. The third-order valence-corrected chi connectivity index (χ3v) is 4.39. The van der Waals surface area contributed by atoms with E-state index in [9.17, 15) is 4.79 Å². The summed E-state index contributed by atoms with van der Waals surface area (Å²) in [5.41, 5.74) is 2.04. The second kappa shape index (κ2) is 6.18. The molecule has 0 unspecified atom stereocenters. The molecular formula is C17H11ClN2OS. The lowest BCUT2D eigenvalue weighted by atomic mass is 10.1. The highest BCUT2D eigenvalue weighted by molar-refractivity contribution is 7.19. The van der Waals surface area contributed by atoms with E-state index in [4.69, 9.17) is 18.0 Å². The topological polar surface area (TPSA) is 42.0 Å². The molecule has 0 bridgehead atoms. The molecule has 0 aliphatic heterocycles. The molecule has 2 aromatic heterocycles. The number of nitrogens with zero attached hydrogens (tertiary/aromatic N) is 1. The summed E-state index contributed by atoms with van der Waals surface area (Å²) in [4.78, 5) is 17.9. The van der Waals surface area contributed by atoms with E-state index >= 15 is 0 Å². The van der Waals surface area contributed by atoms with Crippen LogP contribution in [-0.4, -0.2) is 17.4 Å². The first-order chi connectivity index (χ1) is 10.7. The molecule has 5 heteroatoms. The standard InChI is InChI=1S/C17H11ClN2OS/c1-2-9-19-17(21)12-10-14(15-7-8-16(18)22-15)20-13-6-4-3-5-11(12)13/h1,3-8,10H,9H2,(H,19,21). The summed E-state index contributed by atoms with van der Waals surface area (Å²) in [7, 11) is 0. The van der Waals surface area contributed by atoms with Crippen LogP contribution in [0.25, 0.3) is 21.5 Å². The van der Waals surface area contributed by atoms with Crippen LogP contribution in [0.1, 0.15) is 10.4 Å². The molecule has 2 heterocycles. The predicted molar refractivity (Wildman–Crippen MR) is 91.2 cm³/mol. The SMILES string of the molecule is C#CCNC(=O)c1cc(-c2ccc(Cl)s2)nc2ccccc12. The smallest absolute Gasteiger partial charge is 0.252 e. The van der Waals surface area contributed by atoms with E-state index in [1.54, 1.807) is 6.07 Å². The van der Waals surface area contributed by atoms with Gasteiger partial charge < -0.3 is 5.32 Å². The van der Waals surface area contributed by atoms with Crippen molar-refractivity contribution < 1.29 is 4.79 Å². The summed E-state index contributed by atoms with van der Waals surface area (Å²) in [5, 5.41) is 3.49. The maximum atomic E-state index is 12.3. The number of carbonyl (C=O) groups excluding carboxylic acids is 1. The van der Waals surface area contributed by atoms with E-state index in [-0.39, 0.29) is 12.5 Å². The van der Waals surface area contributed by atoms with Crippen LogP contribution in [0.15, 0.2) is 42.5 Å². The number of hydrogen-bond acceptors (Lipinski definition) is 3. The van der Waals surface area contributed by atoms with Gasteiger partial charge in [0.15, 0.2) is 0 Å². The van der Waals surface area contributed by atoms with Gasteiger partial charge in [0.25, 0.3) is 5.91 Å². The summed E-state index contributed by atoms with van der Waals surface area (Å²) in [6.45, 7) is 0.190. The molecule has 0 fully saturated rings. The van der Waals surface area contributed by atoms with Gasteiger partial charge in [0.1, 0.15) is 0 Å².